The molecule has 212 valence electrons. The lowest BCUT2D eigenvalue weighted by atomic mass is 9.65. The largest absolute Gasteiger partial charge is 0.444 e. The fourth-order valence-electron chi connectivity index (χ4n) is 5.78. The summed E-state index contributed by atoms with van der Waals surface area (Å²) in [4.78, 5) is 14.3. The van der Waals surface area contributed by atoms with Crippen molar-refractivity contribution in [2.24, 2.45) is 5.41 Å². The molecule has 40 heavy (non-hydrogen) atoms. The number of aryl methyl sites for hydroxylation is 1. The van der Waals surface area contributed by atoms with Gasteiger partial charge in [0.1, 0.15) is 28.7 Å². The average molecular weight is 556 g/mol. The number of benzene rings is 1. The van der Waals surface area contributed by atoms with Crippen LogP contribution in [0.1, 0.15) is 68.3 Å². The predicted molar refractivity (Wildman–Crippen MR) is 141 cm³/mol. The predicted octanol–water partition coefficient (Wildman–Crippen LogP) is 5.54. The molecule has 0 unspecified atom stereocenters. The van der Waals surface area contributed by atoms with Crippen molar-refractivity contribution in [1.82, 2.24) is 24.5 Å². The summed E-state index contributed by atoms with van der Waals surface area (Å²) in [7, 11) is 0. The van der Waals surface area contributed by atoms with Gasteiger partial charge >= 0.3 is 12.3 Å². The number of nitrogens with two attached hydrogens (primary N) is 1. The molecule has 2 aliphatic rings. The maximum Gasteiger partial charge on any atom is 0.416 e. The molecule has 1 spiro atoms. The number of hydrogen-bond donors (Lipinski definition) is 1. The Hall–Kier alpha value is -4.01. The number of likely N-dealkylation sites (tertiary alicyclic amines) is 1. The third-order valence-corrected chi connectivity index (χ3v) is 7.55. The Morgan fingerprint density at radius 2 is 1.98 bits per heavy atom. The normalized spacial score (nSPS) is 20.9. The van der Waals surface area contributed by atoms with Crippen molar-refractivity contribution < 1.29 is 22.7 Å². The molecule has 3 heterocycles. The van der Waals surface area contributed by atoms with E-state index in [4.69, 9.17) is 10.5 Å². The fraction of sp³-hybridized carbons (Fsp3) is 0.500. The molecule has 1 amide bonds. The second kappa shape index (κ2) is 9.57. The minimum absolute atomic E-state index is 0.0115. The SMILES string of the molecule is Cc1cc(Cn2cc(-c3nn([C@H]4C[C@@]5(CCN(C(=O)OC(C)(C)C)C5)C4)c(N)c3C#N)cn2)cc(C(F)(F)F)c1. The van der Waals surface area contributed by atoms with Crippen molar-refractivity contribution in [3.63, 3.8) is 0 Å². The van der Waals surface area contributed by atoms with Crippen LogP contribution >= 0.6 is 0 Å². The number of carbonyl (C=O) groups is 1. The Morgan fingerprint density at radius 3 is 2.62 bits per heavy atom. The molecule has 1 aliphatic carbocycles. The summed E-state index contributed by atoms with van der Waals surface area (Å²) in [6.07, 6.45) is 0.857. The number of ether oxygens (including phenoxy) is 1. The van der Waals surface area contributed by atoms with E-state index in [-0.39, 0.29) is 35.5 Å². The number of nitrogens with zero attached hydrogens (tertiary/aromatic N) is 6. The Morgan fingerprint density at radius 1 is 1.25 bits per heavy atom. The number of aromatic nitrogens is 4. The van der Waals surface area contributed by atoms with Crippen LogP contribution in [-0.2, 0) is 17.5 Å². The van der Waals surface area contributed by atoms with Crippen LogP contribution < -0.4 is 5.73 Å². The molecule has 3 aromatic rings. The monoisotopic (exact) mass is 555 g/mol. The van der Waals surface area contributed by atoms with E-state index in [9.17, 15) is 23.2 Å². The van der Waals surface area contributed by atoms with Crippen LogP contribution in [0.5, 0.6) is 0 Å². The van der Waals surface area contributed by atoms with Crippen molar-refractivity contribution in [2.75, 3.05) is 18.8 Å². The molecule has 9 nitrogen and oxygen atoms in total. The van der Waals surface area contributed by atoms with Gasteiger partial charge in [-0.1, -0.05) is 11.6 Å². The van der Waals surface area contributed by atoms with Gasteiger partial charge in [-0.05, 0) is 70.1 Å². The number of nitriles is 1. The van der Waals surface area contributed by atoms with Gasteiger partial charge in [-0.25, -0.2) is 9.48 Å². The zero-order chi connectivity index (χ0) is 29.0. The lowest BCUT2D eigenvalue weighted by Crippen LogP contribution is -2.43. The molecule has 1 aliphatic heterocycles. The van der Waals surface area contributed by atoms with E-state index >= 15 is 0 Å². The van der Waals surface area contributed by atoms with E-state index in [0.717, 1.165) is 31.4 Å². The number of anilines is 1. The van der Waals surface area contributed by atoms with Crippen molar-refractivity contribution in [3.8, 4) is 17.3 Å². The van der Waals surface area contributed by atoms with Crippen LogP contribution in [0.15, 0.2) is 30.6 Å². The summed E-state index contributed by atoms with van der Waals surface area (Å²) >= 11 is 0. The highest BCUT2D eigenvalue weighted by Gasteiger charge is 2.51. The van der Waals surface area contributed by atoms with Gasteiger partial charge in [-0.2, -0.15) is 28.6 Å². The Balaban J connectivity index is 1.30. The summed E-state index contributed by atoms with van der Waals surface area (Å²) < 4.78 is 48.5. The van der Waals surface area contributed by atoms with Gasteiger partial charge in [0.25, 0.3) is 0 Å². The summed E-state index contributed by atoms with van der Waals surface area (Å²) in [5.74, 6) is 0.264. The molecule has 0 bridgehead atoms. The smallest absolute Gasteiger partial charge is 0.416 e. The third kappa shape index (κ3) is 5.37. The maximum absolute atomic E-state index is 13.2. The second-order valence-electron chi connectivity index (χ2n) is 12.0. The molecular weight excluding hydrogens is 523 g/mol. The second-order valence-corrected chi connectivity index (χ2v) is 12.0. The van der Waals surface area contributed by atoms with Gasteiger partial charge in [0, 0.05) is 24.8 Å². The first-order valence-corrected chi connectivity index (χ1v) is 13.1. The summed E-state index contributed by atoms with van der Waals surface area (Å²) in [5.41, 5.74) is 7.21. The quantitative estimate of drug-likeness (QED) is 0.452. The maximum atomic E-state index is 13.2. The Labute approximate surface area is 230 Å². The molecule has 12 heteroatoms. The highest BCUT2D eigenvalue weighted by Crippen LogP contribution is 2.55. The number of nitrogen functional groups attached to an aromatic ring is 1. The molecule has 0 radical (unpaired) electrons. The zero-order valence-corrected chi connectivity index (χ0v) is 22.9. The van der Waals surface area contributed by atoms with Crippen LogP contribution in [0.4, 0.5) is 23.8 Å². The molecule has 2 fully saturated rings. The molecule has 1 saturated carbocycles. The number of alkyl halides is 3. The summed E-state index contributed by atoms with van der Waals surface area (Å²) in [5, 5.41) is 18.8. The fourth-order valence-corrected chi connectivity index (χ4v) is 5.78. The lowest BCUT2D eigenvalue weighted by Gasteiger charge is -2.45. The highest BCUT2D eigenvalue weighted by molar-refractivity contribution is 5.72. The van der Waals surface area contributed by atoms with Gasteiger partial charge in [0.05, 0.1) is 24.3 Å². The topological polar surface area (TPSA) is 115 Å². The van der Waals surface area contributed by atoms with Gasteiger partial charge < -0.3 is 15.4 Å². The number of hydrogen-bond acceptors (Lipinski definition) is 6. The van der Waals surface area contributed by atoms with E-state index in [1.807, 2.05) is 20.8 Å². The molecule has 5 rings (SSSR count). The van der Waals surface area contributed by atoms with Crippen molar-refractivity contribution in [1.29, 1.82) is 5.26 Å². The van der Waals surface area contributed by atoms with Crippen LogP contribution in [0, 0.1) is 23.7 Å². The van der Waals surface area contributed by atoms with Crippen molar-refractivity contribution in [2.45, 2.75) is 71.3 Å². The highest BCUT2D eigenvalue weighted by atomic mass is 19.4. The standard InChI is InChI=1S/C28H32F3N7O2/c1-17-7-18(9-20(8-17)28(29,30)31)14-37-15-19(13-34-37)23-22(12-32)24(33)38(35-23)21-10-27(11-21)5-6-36(16-27)25(39)40-26(2,3)4/h7-9,13,15,21H,5-6,10-11,14,16,33H2,1-4H3/t21-,27-. The Kier molecular flexibility index (Phi) is 6.59. The number of halogens is 3. The van der Waals surface area contributed by atoms with Crippen LogP contribution in [-0.4, -0.2) is 49.2 Å². The van der Waals surface area contributed by atoms with E-state index in [2.05, 4.69) is 16.3 Å². The first kappa shape index (κ1) is 27.6. The molecule has 1 aromatic carbocycles. The molecule has 2 N–H and O–H groups in total. The third-order valence-electron chi connectivity index (χ3n) is 7.55. The first-order valence-electron chi connectivity index (χ1n) is 13.1. The van der Waals surface area contributed by atoms with Crippen molar-refractivity contribution >= 4 is 11.9 Å². The summed E-state index contributed by atoms with van der Waals surface area (Å²) in [6.45, 7) is 8.52. The van der Waals surface area contributed by atoms with E-state index in [0.29, 0.717) is 35.5 Å². The number of amides is 1. The van der Waals surface area contributed by atoms with E-state index in [1.165, 1.54) is 10.9 Å². The van der Waals surface area contributed by atoms with Gasteiger partial charge in [-0.3, -0.25) is 4.68 Å². The van der Waals surface area contributed by atoms with E-state index < -0.39 is 17.3 Å². The van der Waals surface area contributed by atoms with Crippen LogP contribution in [0.2, 0.25) is 0 Å². The number of rotatable bonds is 4. The van der Waals surface area contributed by atoms with Crippen molar-refractivity contribution in [3.05, 3.63) is 52.8 Å². The van der Waals surface area contributed by atoms with Gasteiger partial charge in [0.15, 0.2) is 0 Å². The molecule has 2 aromatic heterocycles. The Bertz CT molecular complexity index is 1490. The lowest BCUT2D eigenvalue weighted by molar-refractivity contribution is -0.137. The number of carbonyl (C=O) groups excluding carboxylic acids is 1. The molecule has 0 atom stereocenters. The minimum atomic E-state index is -4.44. The zero-order valence-electron chi connectivity index (χ0n) is 22.9. The minimum Gasteiger partial charge on any atom is -0.444 e. The molecule has 1 saturated heterocycles. The summed E-state index contributed by atoms with van der Waals surface area (Å²) in [6, 6.07) is 6.03. The first-order chi connectivity index (χ1) is 18.7. The molecular formula is C28H32F3N7O2. The average Bonchev–Trinajstić information content (AvgIpc) is 3.53. The van der Waals surface area contributed by atoms with Crippen LogP contribution in [0.25, 0.3) is 11.3 Å². The van der Waals surface area contributed by atoms with Gasteiger partial charge in [-0.15, -0.1) is 0 Å². The van der Waals surface area contributed by atoms with E-state index in [1.54, 1.807) is 28.8 Å². The van der Waals surface area contributed by atoms with Gasteiger partial charge in [0.2, 0.25) is 0 Å². The van der Waals surface area contributed by atoms with Crippen LogP contribution in [0.3, 0.4) is 0 Å².